The van der Waals surface area contributed by atoms with E-state index in [1.54, 1.807) is 0 Å². The topological polar surface area (TPSA) is 77.8 Å². The molecule has 1 saturated carbocycles. The minimum Gasteiger partial charge on any atom is -0.339 e. The molecule has 0 radical (unpaired) electrons. The zero-order chi connectivity index (χ0) is 17.7. The van der Waals surface area contributed by atoms with Gasteiger partial charge >= 0.3 is 6.18 Å². The molecule has 4 rings (SSSR count). The number of halogens is 4. The summed E-state index contributed by atoms with van der Waals surface area (Å²) in [5.41, 5.74) is 5.36. The molecular weight excluding hydrogens is 389 g/mol. The predicted octanol–water partition coefficient (Wildman–Crippen LogP) is 4.24. The second-order valence-corrected chi connectivity index (χ2v) is 7.42. The molecule has 2 N–H and O–H groups in total. The van der Waals surface area contributed by atoms with Crippen molar-refractivity contribution in [3.63, 3.8) is 0 Å². The molecule has 1 aliphatic rings. The number of aromatic nitrogens is 3. The van der Waals surface area contributed by atoms with Gasteiger partial charge in [-0.3, -0.25) is 0 Å². The van der Waals surface area contributed by atoms with Crippen molar-refractivity contribution in [2.75, 3.05) is 0 Å². The minimum absolute atomic E-state index is 0. The average molecular weight is 405 g/mol. The van der Waals surface area contributed by atoms with E-state index in [0.717, 1.165) is 41.1 Å². The van der Waals surface area contributed by atoms with Gasteiger partial charge in [0.2, 0.25) is 5.89 Å². The molecule has 0 unspecified atom stereocenters. The van der Waals surface area contributed by atoms with Crippen LogP contribution in [0.4, 0.5) is 13.2 Å². The van der Waals surface area contributed by atoms with E-state index < -0.39 is 17.3 Å². The normalized spacial score (nSPS) is 16.3. The van der Waals surface area contributed by atoms with Crippen molar-refractivity contribution in [2.24, 2.45) is 5.73 Å². The summed E-state index contributed by atoms with van der Waals surface area (Å²) in [7, 11) is 0. The van der Waals surface area contributed by atoms with Gasteiger partial charge in [0.05, 0.1) is 26.3 Å². The maximum atomic E-state index is 12.8. The molecule has 0 atom stereocenters. The summed E-state index contributed by atoms with van der Waals surface area (Å²) < 4.78 is 44.2. The van der Waals surface area contributed by atoms with Crippen LogP contribution in [0.25, 0.3) is 10.2 Å². The summed E-state index contributed by atoms with van der Waals surface area (Å²) in [4.78, 5) is 8.63. The number of fused-ring (bicyclic) bond motifs is 1. The van der Waals surface area contributed by atoms with E-state index in [-0.39, 0.29) is 12.4 Å². The molecule has 0 saturated heterocycles. The Balaban J connectivity index is 0.00000196. The lowest BCUT2D eigenvalue weighted by Gasteiger charge is -2.34. The molecule has 2 aromatic heterocycles. The second kappa shape index (κ2) is 6.79. The van der Waals surface area contributed by atoms with E-state index in [1.165, 1.54) is 17.4 Å². The van der Waals surface area contributed by atoms with Gasteiger partial charge in [-0.2, -0.15) is 18.2 Å². The van der Waals surface area contributed by atoms with E-state index in [9.17, 15) is 13.2 Å². The molecule has 1 fully saturated rings. The van der Waals surface area contributed by atoms with Crippen LogP contribution in [0, 0.1) is 0 Å². The predicted molar refractivity (Wildman–Crippen MR) is 93.3 cm³/mol. The van der Waals surface area contributed by atoms with Gasteiger partial charge in [-0.25, -0.2) is 4.98 Å². The Hall–Kier alpha value is -1.71. The van der Waals surface area contributed by atoms with Gasteiger partial charge in [0.25, 0.3) is 0 Å². The van der Waals surface area contributed by atoms with E-state index >= 15 is 0 Å². The number of nitrogens with zero attached hydrogens (tertiary/aromatic N) is 3. The van der Waals surface area contributed by atoms with Crippen LogP contribution in [0.5, 0.6) is 0 Å². The van der Waals surface area contributed by atoms with Crippen LogP contribution in [0.3, 0.4) is 0 Å². The van der Waals surface area contributed by atoms with Crippen LogP contribution < -0.4 is 5.73 Å². The Kier molecular flexibility index (Phi) is 4.98. The molecule has 0 bridgehead atoms. The zero-order valence-electron chi connectivity index (χ0n) is 13.5. The number of alkyl halides is 3. The first-order chi connectivity index (χ1) is 11.8. The highest BCUT2D eigenvalue weighted by Crippen LogP contribution is 2.37. The first kappa shape index (κ1) is 19.1. The van der Waals surface area contributed by atoms with Crippen molar-refractivity contribution in [3.8, 4) is 0 Å². The molecule has 26 heavy (non-hydrogen) atoms. The number of thiazole rings is 1. The maximum Gasteiger partial charge on any atom is 0.416 e. The third-order valence-electron chi connectivity index (χ3n) is 4.47. The first-order valence-corrected chi connectivity index (χ1v) is 8.74. The van der Waals surface area contributed by atoms with Crippen molar-refractivity contribution >= 4 is 34.0 Å². The molecule has 0 spiro atoms. The number of hydrogen-bond donors (Lipinski definition) is 1. The Morgan fingerprint density at radius 3 is 2.62 bits per heavy atom. The van der Waals surface area contributed by atoms with Crippen molar-refractivity contribution in [1.29, 1.82) is 0 Å². The summed E-state index contributed by atoms with van der Waals surface area (Å²) >= 11 is 1.37. The number of rotatable bonds is 4. The SMILES string of the molecule is Cl.NC1(c2noc(CCc3nc4cc(C(F)(F)F)ccc4s3)n2)CCC1. The monoisotopic (exact) mass is 404 g/mol. The second-order valence-electron chi connectivity index (χ2n) is 6.31. The largest absolute Gasteiger partial charge is 0.416 e. The van der Waals surface area contributed by atoms with Crippen molar-refractivity contribution in [2.45, 2.75) is 43.8 Å². The Labute approximate surface area is 157 Å². The number of hydrogen-bond acceptors (Lipinski definition) is 6. The molecule has 0 amide bonds. The highest BCUT2D eigenvalue weighted by Gasteiger charge is 2.39. The third kappa shape index (κ3) is 3.56. The number of aryl methyl sites for hydroxylation is 2. The molecule has 1 aliphatic carbocycles. The molecule has 2 heterocycles. The average Bonchev–Trinajstić information content (AvgIpc) is 3.15. The van der Waals surface area contributed by atoms with Gasteiger partial charge in [0.1, 0.15) is 0 Å². The van der Waals surface area contributed by atoms with Crippen LogP contribution in [-0.4, -0.2) is 15.1 Å². The standard InChI is InChI=1S/C16H15F3N4OS.ClH/c17-16(18,19)9-2-3-11-10(8-9)21-13(25-11)5-4-12-22-14(23-24-12)15(20)6-1-7-15;/h2-3,8H,1,4-7,20H2;1H. The molecule has 3 aromatic rings. The number of nitrogens with two attached hydrogens (primary N) is 1. The Morgan fingerprint density at radius 1 is 1.19 bits per heavy atom. The summed E-state index contributed by atoms with van der Waals surface area (Å²) in [6.45, 7) is 0. The van der Waals surface area contributed by atoms with Crippen molar-refractivity contribution in [1.82, 2.24) is 15.1 Å². The van der Waals surface area contributed by atoms with Crippen molar-refractivity contribution < 1.29 is 17.7 Å². The van der Waals surface area contributed by atoms with Crippen molar-refractivity contribution in [3.05, 3.63) is 40.5 Å². The van der Waals surface area contributed by atoms with Crippen LogP contribution in [0.1, 0.15) is 41.5 Å². The quantitative estimate of drug-likeness (QED) is 0.703. The van der Waals surface area contributed by atoms with Crippen LogP contribution in [-0.2, 0) is 24.6 Å². The van der Waals surface area contributed by atoms with Crippen LogP contribution >= 0.6 is 23.7 Å². The van der Waals surface area contributed by atoms with Gasteiger partial charge in [-0.1, -0.05) is 5.16 Å². The third-order valence-corrected chi connectivity index (χ3v) is 5.57. The molecule has 0 aliphatic heterocycles. The summed E-state index contributed by atoms with van der Waals surface area (Å²) in [5, 5.41) is 4.69. The molecule has 1 aromatic carbocycles. The highest BCUT2D eigenvalue weighted by molar-refractivity contribution is 7.18. The molecule has 140 valence electrons. The minimum atomic E-state index is -4.36. The lowest BCUT2D eigenvalue weighted by Crippen LogP contribution is -2.44. The van der Waals surface area contributed by atoms with Gasteiger partial charge in [-0.15, -0.1) is 23.7 Å². The summed E-state index contributed by atoms with van der Waals surface area (Å²) in [6.07, 6.45) is -0.588. The molecule has 10 heteroatoms. The van der Waals surface area contributed by atoms with Gasteiger partial charge < -0.3 is 10.3 Å². The zero-order valence-corrected chi connectivity index (χ0v) is 15.2. The fraction of sp³-hybridized carbons (Fsp3) is 0.438. The summed E-state index contributed by atoms with van der Waals surface area (Å²) in [6, 6.07) is 3.61. The molecular formula is C16H16ClF3N4OS. The van der Waals surface area contributed by atoms with Gasteiger partial charge in [0, 0.05) is 12.8 Å². The fourth-order valence-corrected chi connectivity index (χ4v) is 3.76. The molecule has 5 nitrogen and oxygen atoms in total. The van der Waals surface area contributed by atoms with Crippen LogP contribution in [0.15, 0.2) is 22.7 Å². The smallest absolute Gasteiger partial charge is 0.339 e. The highest BCUT2D eigenvalue weighted by atomic mass is 35.5. The maximum absolute atomic E-state index is 12.8. The number of benzene rings is 1. The Morgan fingerprint density at radius 2 is 1.96 bits per heavy atom. The van der Waals surface area contributed by atoms with Gasteiger partial charge in [0.15, 0.2) is 5.82 Å². The van der Waals surface area contributed by atoms with Crippen LogP contribution in [0.2, 0.25) is 0 Å². The van der Waals surface area contributed by atoms with E-state index in [0.29, 0.717) is 30.1 Å². The van der Waals surface area contributed by atoms with E-state index in [1.807, 2.05) is 0 Å². The van der Waals surface area contributed by atoms with Gasteiger partial charge in [-0.05, 0) is 37.5 Å². The lowest BCUT2D eigenvalue weighted by atomic mass is 9.77. The van der Waals surface area contributed by atoms with E-state index in [4.69, 9.17) is 10.3 Å². The first-order valence-electron chi connectivity index (χ1n) is 7.92. The van der Waals surface area contributed by atoms with E-state index in [2.05, 4.69) is 15.1 Å². The lowest BCUT2D eigenvalue weighted by molar-refractivity contribution is -0.137. The fourth-order valence-electron chi connectivity index (χ4n) is 2.81. The summed E-state index contributed by atoms with van der Waals surface area (Å²) in [5.74, 6) is 1.01. The Bertz CT molecular complexity index is 920.